The summed E-state index contributed by atoms with van der Waals surface area (Å²) in [6, 6.07) is 7.37. The Kier molecular flexibility index (Phi) is 4.19. The zero-order valence-electron chi connectivity index (χ0n) is 12.2. The topological polar surface area (TPSA) is 75.4 Å². The number of nitrogens with one attached hydrogen (secondary N) is 1. The molecule has 21 heavy (non-hydrogen) atoms. The zero-order chi connectivity index (χ0) is 14.9. The third-order valence-electron chi connectivity index (χ3n) is 4.27. The van der Waals surface area contributed by atoms with Crippen LogP contribution in [0.5, 0.6) is 0 Å². The molecule has 6 heteroatoms. The second kappa shape index (κ2) is 5.94. The average molecular weight is 309 g/mol. The van der Waals surface area contributed by atoms with E-state index in [4.69, 9.17) is 5.73 Å². The van der Waals surface area contributed by atoms with E-state index in [1.165, 1.54) is 6.42 Å². The summed E-state index contributed by atoms with van der Waals surface area (Å²) in [7, 11) is -3.34. The van der Waals surface area contributed by atoms with Gasteiger partial charge in [0.15, 0.2) is 0 Å². The van der Waals surface area contributed by atoms with Gasteiger partial charge < -0.3 is 10.6 Å². The molecule has 1 saturated carbocycles. The normalized spacial score (nSPS) is 22.7. The lowest BCUT2D eigenvalue weighted by Gasteiger charge is -2.19. The molecule has 0 spiro atoms. The Hall–Kier alpha value is -1.11. The number of hydrogen-bond acceptors (Lipinski definition) is 4. The van der Waals surface area contributed by atoms with E-state index >= 15 is 0 Å². The third-order valence-corrected chi connectivity index (χ3v) is 5.81. The van der Waals surface area contributed by atoms with Gasteiger partial charge in [-0.25, -0.2) is 13.1 Å². The van der Waals surface area contributed by atoms with Crippen molar-refractivity contribution in [2.24, 2.45) is 11.7 Å². The Labute approximate surface area is 126 Å². The summed E-state index contributed by atoms with van der Waals surface area (Å²) >= 11 is 0. The second-order valence-corrected chi connectivity index (χ2v) is 7.78. The third kappa shape index (κ3) is 3.56. The summed E-state index contributed by atoms with van der Waals surface area (Å²) in [6.07, 6.45) is 4.13. The van der Waals surface area contributed by atoms with Gasteiger partial charge >= 0.3 is 0 Å². The Bertz CT molecular complexity index is 581. The van der Waals surface area contributed by atoms with Crippen LogP contribution in [-0.4, -0.2) is 34.1 Å². The number of hydrogen-bond donors (Lipinski definition) is 2. The monoisotopic (exact) mass is 309 g/mol. The number of anilines is 1. The first-order chi connectivity index (χ1) is 10.1. The van der Waals surface area contributed by atoms with E-state index < -0.39 is 10.0 Å². The molecule has 2 fully saturated rings. The molecular weight excluding hydrogens is 286 g/mol. The van der Waals surface area contributed by atoms with Gasteiger partial charge in [0.25, 0.3) is 0 Å². The average Bonchev–Trinajstić information content (AvgIpc) is 3.14. The van der Waals surface area contributed by atoms with Crippen molar-refractivity contribution < 1.29 is 8.42 Å². The number of benzene rings is 1. The largest absolute Gasteiger partial charge is 0.371 e. The van der Waals surface area contributed by atoms with Crippen molar-refractivity contribution in [3.63, 3.8) is 0 Å². The molecule has 1 aliphatic heterocycles. The first-order valence-corrected chi connectivity index (χ1v) is 9.14. The van der Waals surface area contributed by atoms with Crippen molar-refractivity contribution in [2.75, 3.05) is 24.5 Å². The fourth-order valence-electron chi connectivity index (χ4n) is 2.86. The molecule has 3 rings (SSSR count). The molecule has 0 amide bonds. The molecule has 116 valence electrons. The number of rotatable bonds is 6. The summed E-state index contributed by atoms with van der Waals surface area (Å²) in [4.78, 5) is 2.67. The molecule has 2 aliphatic rings. The summed E-state index contributed by atoms with van der Waals surface area (Å²) < 4.78 is 26.9. The van der Waals surface area contributed by atoms with Crippen molar-refractivity contribution in [3.8, 4) is 0 Å². The first-order valence-electron chi connectivity index (χ1n) is 7.66. The van der Waals surface area contributed by atoms with Gasteiger partial charge in [0.1, 0.15) is 0 Å². The second-order valence-electron chi connectivity index (χ2n) is 6.07. The van der Waals surface area contributed by atoms with Gasteiger partial charge in [-0.15, -0.1) is 0 Å². The summed E-state index contributed by atoms with van der Waals surface area (Å²) in [6.45, 7) is 2.78. The molecular formula is C15H23N3O2S. The Morgan fingerprint density at radius 3 is 2.52 bits per heavy atom. The maximum atomic E-state index is 12.1. The van der Waals surface area contributed by atoms with Gasteiger partial charge in [0.05, 0.1) is 4.90 Å². The van der Waals surface area contributed by atoms with Crippen LogP contribution in [-0.2, 0) is 10.0 Å². The van der Waals surface area contributed by atoms with Crippen LogP contribution < -0.4 is 15.4 Å². The van der Waals surface area contributed by atoms with E-state index in [1.807, 2.05) is 12.1 Å². The number of nitrogens with two attached hydrogens (primary N) is 1. The molecule has 1 aromatic carbocycles. The molecule has 1 aliphatic carbocycles. The van der Waals surface area contributed by atoms with E-state index in [0.29, 0.717) is 10.8 Å². The SMILES string of the molecule is NCCC1CCN(c2ccc(S(=O)(=O)NC3CC3)cc2)C1. The van der Waals surface area contributed by atoms with Crippen molar-refractivity contribution in [1.82, 2.24) is 4.72 Å². The smallest absolute Gasteiger partial charge is 0.240 e. The molecule has 0 radical (unpaired) electrons. The minimum Gasteiger partial charge on any atom is -0.371 e. The minimum atomic E-state index is -3.34. The van der Waals surface area contributed by atoms with Gasteiger partial charge in [-0.05, 0) is 62.4 Å². The van der Waals surface area contributed by atoms with Crippen molar-refractivity contribution in [3.05, 3.63) is 24.3 Å². The van der Waals surface area contributed by atoms with E-state index in [1.54, 1.807) is 12.1 Å². The summed E-state index contributed by atoms with van der Waals surface area (Å²) in [5.74, 6) is 0.662. The van der Waals surface area contributed by atoms with Crippen LogP contribution in [0.2, 0.25) is 0 Å². The van der Waals surface area contributed by atoms with Gasteiger partial charge in [-0.3, -0.25) is 0 Å². The summed E-state index contributed by atoms with van der Waals surface area (Å²) in [5.41, 5.74) is 6.71. The predicted molar refractivity (Wildman–Crippen MR) is 83.8 cm³/mol. The lowest BCUT2D eigenvalue weighted by molar-refractivity contribution is 0.546. The molecule has 1 saturated heterocycles. The summed E-state index contributed by atoms with van der Waals surface area (Å²) in [5, 5.41) is 0. The first kappa shape index (κ1) is 14.8. The van der Waals surface area contributed by atoms with Crippen LogP contribution in [0.15, 0.2) is 29.2 Å². The fraction of sp³-hybridized carbons (Fsp3) is 0.600. The highest BCUT2D eigenvalue weighted by atomic mass is 32.2. The van der Waals surface area contributed by atoms with Crippen LogP contribution >= 0.6 is 0 Å². The Morgan fingerprint density at radius 1 is 1.19 bits per heavy atom. The van der Waals surface area contributed by atoms with E-state index in [9.17, 15) is 8.42 Å². The maximum Gasteiger partial charge on any atom is 0.240 e. The molecule has 1 heterocycles. The van der Waals surface area contributed by atoms with Gasteiger partial charge in [-0.1, -0.05) is 0 Å². The molecule has 1 unspecified atom stereocenters. The lowest BCUT2D eigenvalue weighted by atomic mass is 10.1. The molecule has 0 bridgehead atoms. The van der Waals surface area contributed by atoms with Gasteiger partial charge in [-0.2, -0.15) is 0 Å². The zero-order valence-corrected chi connectivity index (χ0v) is 13.0. The van der Waals surface area contributed by atoms with Crippen LogP contribution in [0.4, 0.5) is 5.69 Å². The standard InChI is InChI=1S/C15H23N3O2S/c16-9-7-12-8-10-18(11-12)14-3-5-15(6-4-14)21(19,20)17-13-1-2-13/h3-6,12-13,17H,1-2,7-11,16H2. The molecule has 0 aromatic heterocycles. The fourth-order valence-corrected chi connectivity index (χ4v) is 4.17. The van der Waals surface area contributed by atoms with Crippen molar-refractivity contribution in [2.45, 2.75) is 36.6 Å². The molecule has 5 nitrogen and oxygen atoms in total. The Morgan fingerprint density at radius 2 is 1.90 bits per heavy atom. The van der Waals surface area contributed by atoms with E-state index in [-0.39, 0.29) is 6.04 Å². The number of nitrogens with zero attached hydrogens (tertiary/aromatic N) is 1. The predicted octanol–water partition coefficient (Wildman–Crippen LogP) is 1.30. The molecule has 1 aromatic rings. The van der Waals surface area contributed by atoms with Gasteiger partial charge in [0.2, 0.25) is 10.0 Å². The van der Waals surface area contributed by atoms with E-state index in [2.05, 4.69) is 9.62 Å². The highest BCUT2D eigenvalue weighted by Crippen LogP contribution is 2.27. The minimum absolute atomic E-state index is 0.144. The van der Waals surface area contributed by atoms with Crippen molar-refractivity contribution in [1.29, 1.82) is 0 Å². The number of sulfonamides is 1. The van der Waals surface area contributed by atoms with E-state index in [0.717, 1.165) is 44.6 Å². The Balaban J connectivity index is 1.67. The molecule has 3 N–H and O–H groups in total. The molecule has 1 atom stereocenters. The lowest BCUT2D eigenvalue weighted by Crippen LogP contribution is -2.26. The van der Waals surface area contributed by atoms with Crippen LogP contribution in [0, 0.1) is 5.92 Å². The van der Waals surface area contributed by atoms with Crippen LogP contribution in [0.25, 0.3) is 0 Å². The van der Waals surface area contributed by atoms with Crippen LogP contribution in [0.1, 0.15) is 25.7 Å². The maximum absolute atomic E-state index is 12.1. The highest BCUT2D eigenvalue weighted by Gasteiger charge is 2.28. The van der Waals surface area contributed by atoms with Crippen molar-refractivity contribution >= 4 is 15.7 Å². The highest BCUT2D eigenvalue weighted by molar-refractivity contribution is 7.89. The van der Waals surface area contributed by atoms with Crippen LogP contribution in [0.3, 0.4) is 0 Å². The van der Waals surface area contributed by atoms with Gasteiger partial charge in [0, 0.05) is 24.8 Å². The quantitative estimate of drug-likeness (QED) is 0.830.